The minimum Gasteiger partial charge on any atom is -0.381 e. The molecule has 1 fully saturated rings. The van der Waals surface area contributed by atoms with Crippen LogP contribution < -0.4 is 10.6 Å². The van der Waals surface area contributed by atoms with E-state index in [-0.39, 0.29) is 5.91 Å². The Labute approximate surface area is 125 Å². The molecule has 0 radical (unpaired) electrons. The molecule has 1 aromatic rings. The molecule has 0 bridgehead atoms. The van der Waals surface area contributed by atoms with Gasteiger partial charge < -0.3 is 10.6 Å². The summed E-state index contributed by atoms with van der Waals surface area (Å²) in [5.74, 6) is 2.42. The van der Waals surface area contributed by atoms with Gasteiger partial charge in [-0.05, 0) is 29.2 Å². The summed E-state index contributed by atoms with van der Waals surface area (Å²) in [6.45, 7) is 4.65. The van der Waals surface area contributed by atoms with E-state index in [2.05, 4.69) is 30.5 Å². The van der Waals surface area contributed by atoms with Gasteiger partial charge in [-0.3, -0.25) is 4.79 Å². The molecule has 1 amide bonds. The van der Waals surface area contributed by atoms with Crippen LogP contribution in [0.1, 0.15) is 25.8 Å². The van der Waals surface area contributed by atoms with Crippen molar-refractivity contribution in [3.05, 3.63) is 29.8 Å². The first kappa shape index (κ1) is 15.2. The van der Waals surface area contributed by atoms with Crippen molar-refractivity contribution in [3.8, 4) is 0 Å². The number of amides is 1. The summed E-state index contributed by atoms with van der Waals surface area (Å²) in [4.78, 5) is 11.6. The Morgan fingerprint density at radius 1 is 1.40 bits per heavy atom. The van der Waals surface area contributed by atoms with Gasteiger partial charge in [-0.15, -0.1) is 0 Å². The van der Waals surface area contributed by atoms with Crippen molar-refractivity contribution in [1.29, 1.82) is 0 Å². The molecule has 0 aromatic heterocycles. The van der Waals surface area contributed by atoms with E-state index in [4.69, 9.17) is 0 Å². The van der Waals surface area contributed by atoms with E-state index in [1.54, 1.807) is 7.05 Å². The number of likely N-dealkylation sites (N-methyl/N-ethyl adjacent to an activating group) is 1. The highest BCUT2D eigenvalue weighted by atomic mass is 32.2. The normalized spacial score (nSPS) is 21.2. The second-order valence-corrected chi connectivity index (χ2v) is 7.17. The molecule has 1 atom stereocenters. The number of hydrogen-bond acceptors (Lipinski definition) is 3. The van der Waals surface area contributed by atoms with E-state index in [0.29, 0.717) is 17.9 Å². The zero-order chi connectivity index (χ0) is 14.6. The summed E-state index contributed by atoms with van der Waals surface area (Å²) in [5, 5.41) is 6.36. The Bertz CT molecular complexity index is 473. The van der Waals surface area contributed by atoms with E-state index >= 15 is 0 Å². The van der Waals surface area contributed by atoms with E-state index in [9.17, 15) is 4.79 Å². The quantitative estimate of drug-likeness (QED) is 0.896. The van der Waals surface area contributed by atoms with Crippen LogP contribution in [-0.4, -0.2) is 30.5 Å². The monoisotopic (exact) mass is 292 g/mol. The summed E-state index contributed by atoms with van der Waals surface area (Å²) in [6, 6.07) is 8.57. The van der Waals surface area contributed by atoms with E-state index < -0.39 is 0 Å². The summed E-state index contributed by atoms with van der Waals surface area (Å²) in [6.07, 6.45) is 1.66. The standard InChI is InChI=1S/C16H24N2OS/c1-16(2)8-9-20-11-14(16)18-13-7-5-4-6-12(13)10-15(19)17-3/h4-7,14,18H,8-11H2,1-3H3,(H,17,19). The summed E-state index contributed by atoms with van der Waals surface area (Å²) >= 11 is 2.01. The molecule has 1 saturated heterocycles. The van der Waals surface area contributed by atoms with Gasteiger partial charge in [0, 0.05) is 24.5 Å². The Morgan fingerprint density at radius 3 is 2.85 bits per heavy atom. The Hall–Kier alpha value is -1.16. The van der Waals surface area contributed by atoms with Gasteiger partial charge in [0.05, 0.1) is 6.42 Å². The van der Waals surface area contributed by atoms with Crippen molar-refractivity contribution in [2.45, 2.75) is 32.7 Å². The van der Waals surface area contributed by atoms with Crippen molar-refractivity contribution < 1.29 is 4.79 Å². The number of nitrogens with one attached hydrogen (secondary N) is 2. The second kappa shape index (κ2) is 6.53. The first-order valence-corrected chi connectivity index (χ1v) is 8.31. The Kier molecular flexibility index (Phi) is 4.97. The maximum atomic E-state index is 11.6. The third-order valence-electron chi connectivity index (χ3n) is 4.10. The lowest BCUT2D eigenvalue weighted by Gasteiger charge is -2.39. The first-order valence-electron chi connectivity index (χ1n) is 7.16. The molecule has 0 aliphatic carbocycles. The van der Waals surface area contributed by atoms with Gasteiger partial charge in [-0.2, -0.15) is 11.8 Å². The molecule has 20 heavy (non-hydrogen) atoms. The van der Waals surface area contributed by atoms with Crippen LogP contribution in [0.2, 0.25) is 0 Å². The van der Waals surface area contributed by atoms with Crippen molar-refractivity contribution in [2.75, 3.05) is 23.9 Å². The maximum Gasteiger partial charge on any atom is 0.224 e. The molecule has 1 aromatic carbocycles. The molecule has 3 nitrogen and oxygen atoms in total. The molecule has 1 aliphatic rings. The van der Waals surface area contributed by atoms with Gasteiger partial charge in [0.1, 0.15) is 0 Å². The zero-order valence-electron chi connectivity index (χ0n) is 12.5. The number of para-hydroxylation sites is 1. The number of rotatable bonds is 4. The minimum atomic E-state index is 0.0523. The van der Waals surface area contributed by atoms with Gasteiger partial charge in [0.25, 0.3) is 0 Å². The Balaban J connectivity index is 2.14. The third-order valence-corrected chi connectivity index (χ3v) is 5.16. The van der Waals surface area contributed by atoms with Crippen LogP contribution in [0.4, 0.5) is 5.69 Å². The average Bonchev–Trinajstić information content (AvgIpc) is 2.43. The Morgan fingerprint density at radius 2 is 2.15 bits per heavy atom. The average molecular weight is 292 g/mol. The molecular formula is C16H24N2OS. The minimum absolute atomic E-state index is 0.0523. The van der Waals surface area contributed by atoms with Gasteiger partial charge in [0.2, 0.25) is 5.91 Å². The highest BCUT2D eigenvalue weighted by Crippen LogP contribution is 2.36. The van der Waals surface area contributed by atoms with Crippen LogP contribution in [0.3, 0.4) is 0 Å². The van der Waals surface area contributed by atoms with Crippen molar-refractivity contribution in [2.24, 2.45) is 5.41 Å². The summed E-state index contributed by atoms with van der Waals surface area (Å²) in [7, 11) is 1.68. The molecule has 1 heterocycles. The molecular weight excluding hydrogens is 268 g/mol. The third kappa shape index (κ3) is 3.69. The lowest BCUT2D eigenvalue weighted by Crippen LogP contribution is -2.42. The van der Waals surface area contributed by atoms with Crippen LogP contribution in [0.25, 0.3) is 0 Å². The number of carbonyl (C=O) groups excluding carboxylic acids is 1. The molecule has 0 spiro atoms. The van der Waals surface area contributed by atoms with Crippen LogP contribution >= 0.6 is 11.8 Å². The van der Waals surface area contributed by atoms with Crippen molar-refractivity contribution in [3.63, 3.8) is 0 Å². The number of anilines is 1. The predicted molar refractivity (Wildman–Crippen MR) is 87.3 cm³/mol. The van der Waals surface area contributed by atoms with Gasteiger partial charge in [-0.25, -0.2) is 0 Å². The predicted octanol–water partition coefficient (Wildman–Crippen LogP) is 2.92. The SMILES string of the molecule is CNC(=O)Cc1ccccc1NC1CSCCC1(C)C. The summed E-state index contributed by atoms with van der Waals surface area (Å²) < 4.78 is 0. The topological polar surface area (TPSA) is 41.1 Å². The second-order valence-electron chi connectivity index (χ2n) is 6.02. The van der Waals surface area contributed by atoms with Crippen LogP contribution in [0.15, 0.2) is 24.3 Å². The lowest BCUT2D eigenvalue weighted by atomic mass is 9.82. The van der Waals surface area contributed by atoms with E-state index in [1.165, 1.54) is 12.2 Å². The highest BCUT2D eigenvalue weighted by Gasteiger charge is 2.32. The van der Waals surface area contributed by atoms with E-state index in [1.807, 2.05) is 30.0 Å². The molecule has 2 rings (SSSR count). The van der Waals surface area contributed by atoms with E-state index in [0.717, 1.165) is 17.0 Å². The number of carbonyl (C=O) groups is 1. The first-order chi connectivity index (χ1) is 9.53. The molecule has 4 heteroatoms. The van der Waals surface area contributed by atoms with Crippen LogP contribution in [-0.2, 0) is 11.2 Å². The fraction of sp³-hybridized carbons (Fsp3) is 0.562. The van der Waals surface area contributed by atoms with Crippen molar-refractivity contribution in [1.82, 2.24) is 5.32 Å². The number of benzene rings is 1. The lowest BCUT2D eigenvalue weighted by molar-refractivity contribution is -0.119. The number of hydrogen-bond donors (Lipinski definition) is 2. The van der Waals surface area contributed by atoms with Crippen LogP contribution in [0, 0.1) is 5.41 Å². The molecule has 1 aliphatic heterocycles. The van der Waals surface area contributed by atoms with Gasteiger partial charge in [-0.1, -0.05) is 32.0 Å². The number of thioether (sulfide) groups is 1. The fourth-order valence-corrected chi connectivity index (χ4v) is 4.04. The van der Waals surface area contributed by atoms with Gasteiger partial charge in [0.15, 0.2) is 0 Å². The molecule has 0 saturated carbocycles. The van der Waals surface area contributed by atoms with Crippen LogP contribution in [0.5, 0.6) is 0 Å². The smallest absolute Gasteiger partial charge is 0.224 e. The highest BCUT2D eigenvalue weighted by molar-refractivity contribution is 7.99. The maximum absolute atomic E-state index is 11.6. The zero-order valence-corrected chi connectivity index (χ0v) is 13.3. The summed E-state index contributed by atoms with van der Waals surface area (Å²) in [5.41, 5.74) is 2.46. The van der Waals surface area contributed by atoms with Crippen molar-refractivity contribution >= 4 is 23.4 Å². The molecule has 2 N–H and O–H groups in total. The fourth-order valence-electron chi connectivity index (χ4n) is 2.44. The largest absolute Gasteiger partial charge is 0.381 e. The molecule has 110 valence electrons. The van der Waals surface area contributed by atoms with Gasteiger partial charge >= 0.3 is 0 Å². The molecule has 1 unspecified atom stereocenters.